The van der Waals surface area contributed by atoms with Gasteiger partial charge in [-0.2, -0.15) is 5.26 Å². The van der Waals surface area contributed by atoms with Crippen LogP contribution in [0.4, 0.5) is 5.00 Å². The number of ether oxygens (including phenoxy) is 1. The zero-order valence-corrected chi connectivity index (χ0v) is 18.7. The van der Waals surface area contributed by atoms with E-state index in [-0.39, 0.29) is 19.1 Å². The lowest BCUT2D eigenvalue weighted by atomic mass is 10.1. The van der Waals surface area contributed by atoms with Gasteiger partial charge in [-0.05, 0) is 61.2 Å². The van der Waals surface area contributed by atoms with E-state index in [0.717, 1.165) is 35.9 Å². The van der Waals surface area contributed by atoms with Crippen molar-refractivity contribution in [2.75, 3.05) is 5.32 Å². The quantitative estimate of drug-likeness (QED) is 0.420. The van der Waals surface area contributed by atoms with Crippen molar-refractivity contribution in [3.63, 3.8) is 0 Å². The van der Waals surface area contributed by atoms with Gasteiger partial charge in [0.2, 0.25) is 5.91 Å². The molecule has 1 amide bonds. The fourth-order valence-electron chi connectivity index (χ4n) is 4.01. The molecule has 0 atom stereocenters. The summed E-state index contributed by atoms with van der Waals surface area (Å²) in [4.78, 5) is 18.8. The number of carbonyl (C=O) groups is 1. The predicted molar refractivity (Wildman–Crippen MR) is 125 cm³/mol. The molecule has 0 bridgehead atoms. The molecule has 2 aromatic heterocycles. The summed E-state index contributed by atoms with van der Waals surface area (Å²) < 4.78 is 7.74. The maximum atomic E-state index is 13.0. The molecular formula is C24H19ClN4O2S. The van der Waals surface area contributed by atoms with Gasteiger partial charge in [0.25, 0.3) is 0 Å². The van der Waals surface area contributed by atoms with E-state index in [1.165, 1.54) is 16.2 Å². The van der Waals surface area contributed by atoms with Crippen LogP contribution in [0, 0.1) is 11.3 Å². The fraction of sp³-hybridized carbons (Fsp3) is 0.208. The average Bonchev–Trinajstić information content (AvgIpc) is 3.47. The molecule has 1 aliphatic carbocycles. The number of aryl methyl sites for hydroxylation is 1. The fourth-order valence-corrected chi connectivity index (χ4v) is 5.39. The highest BCUT2D eigenvalue weighted by Gasteiger charge is 2.23. The number of halogens is 1. The minimum atomic E-state index is -0.197. The van der Waals surface area contributed by atoms with Crippen LogP contribution in [0.5, 0.6) is 5.75 Å². The molecule has 1 N–H and O–H groups in total. The highest BCUT2D eigenvalue weighted by Crippen LogP contribution is 2.38. The van der Waals surface area contributed by atoms with Crippen molar-refractivity contribution in [2.45, 2.75) is 32.4 Å². The van der Waals surface area contributed by atoms with Crippen molar-refractivity contribution in [3.05, 3.63) is 75.4 Å². The molecule has 8 heteroatoms. The highest BCUT2D eigenvalue weighted by molar-refractivity contribution is 7.16. The van der Waals surface area contributed by atoms with Crippen molar-refractivity contribution in [1.29, 1.82) is 5.26 Å². The molecule has 2 aromatic carbocycles. The molecule has 0 unspecified atom stereocenters. The zero-order valence-electron chi connectivity index (χ0n) is 17.1. The number of nitriles is 1. The molecule has 6 nitrogen and oxygen atoms in total. The Kier molecular flexibility index (Phi) is 5.56. The molecule has 0 saturated heterocycles. The monoisotopic (exact) mass is 462 g/mol. The number of nitrogens with zero attached hydrogens (tertiary/aromatic N) is 3. The van der Waals surface area contributed by atoms with Crippen LogP contribution >= 0.6 is 22.9 Å². The lowest BCUT2D eigenvalue weighted by Crippen LogP contribution is -2.20. The number of fused-ring (bicyclic) bond motifs is 2. The number of amides is 1. The molecule has 0 fully saturated rings. The second-order valence-corrected chi connectivity index (χ2v) is 9.11. The van der Waals surface area contributed by atoms with Gasteiger partial charge in [-0.25, -0.2) is 4.98 Å². The number of carbonyl (C=O) groups excluding carboxylic acids is 1. The Morgan fingerprint density at radius 3 is 2.84 bits per heavy atom. The second kappa shape index (κ2) is 8.65. The summed E-state index contributed by atoms with van der Waals surface area (Å²) in [5.74, 6) is 1.12. The summed E-state index contributed by atoms with van der Waals surface area (Å²) in [6, 6.07) is 17.1. The van der Waals surface area contributed by atoms with Crippen LogP contribution in [0.25, 0.3) is 11.0 Å². The topological polar surface area (TPSA) is 79.9 Å². The van der Waals surface area contributed by atoms with Gasteiger partial charge in [-0.3, -0.25) is 4.79 Å². The Morgan fingerprint density at radius 2 is 2.03 bits per heavy atom. The normalized spacial score (nSPS) is 12.5. The van der Waals surface area contributed by atoms with Gasteiger partial charge < -0.3 is 14.6 Å². The smallest absolute Gasteiger partial charge is 0.245 e. The van der Waals surface area contributed by atoms with E-state index in [2.05, 4.69) is 16.4 Å². The predicted octanol–water partition coefficient (Wildman–Crippen LogP) is 5.33. The molecule has 2 heterocycles. The largest absolute Gasteiger partial charge is 0.486 e. The van der Waals surface area contributed by atoms with Crippen molar-refractivity contribution >= 4 is 44.9 Å². The molecule has 1 aliphatic rings. The van der Waals surface area contributed by atoms with Crippen LogP contribution in [0.3, 0.4) is 0 Å². The van der Waals surface area contributed by atoms with Gasteiger partial charge in [0.15, 0.2) is 0 Å². The van der Waals surface area contributed by atoms with Crippen LogP contribution in [0.15, 0.2) is 48.5 Å². The van der Waals surface area contributed by atoms with Gasteiger partial charge >= 0.3 is 0 Å². The summed E-state index contributed by atoms with van der Waals surface area (Å²) in [5.41, 5.74) is 3.35. The van der Waals surface area contributed by atoms with E-state index < -0.39 is 0 Å². The summed E-state index contributed by atoms with van der Waals surface area (Å²) in [6.45, 7) is 0.285. The van der Waals surface area contributed by atoms with E-state index in [1.54, 1.807) is 24.3 Å². The summed E-state index contributed by atoms with van der Waals surface area (Å²) in [5, 5.41) is 13.8. The van der Waals surface area contributed by atoms with Crippen LogP contribution in [-0.2, 0) is 30.8 Å². The molecular weight excluding hydrogens is 444 g/mol. The van der Waals surface area contributed by atoms with Gasteiger partial charge in [0.05, 0.1) is 16.6 Å². The maximum Gasteiger partial charge on any atom is 0.245 e. The summed E-state index contributed by atoms with van der Waals surface area (Å²) in [7, 11) is 0. The minimum absolute atomic E-state index is 0.0766. The van der Waals surface area contributed by atoms with Crippen LogP contribution < -0.4 is 10.1 Å². The van der Waals surface area contributed by atoms with E-state index in [0.29, 0.717) is 27.2 Å². The first-order valence-corrected chi connectivity index (χ1v) is 11.5. The number of anilines is 1. The number of thiophene rings is 1. The van der Waals surface area contributed by atoms with E-state index in [4.69, 9.17) is 16.3 Å². The molecule has 0 radical (unpaired) electrons. The van der Waals surface area contributed by atoms with Crippen molar-refractivity contribution in [1.82, 2.24) is 9.55 Å². The standard InChI is InChI=1S/C24H19ClN4O2S/c25-15-8-10-16(11-9-15)31-14-22-27-19-5-1-2-6-20(19)29(22)13-23(30)28-24-18(12-26)17-4-3-7-21(17)32-24/h1-2,5-6,8-11H,3-4,7,13-14H2,(H,28,30). The third-order valence-electron chi connectivity index (χ3n) is 5.50. The minimum Gasteiger partial charge on any atom is -0.486 e. The number of hydrogen-bond donors (Lipinski definition) is 1. The Hall–Kier alpha value is -3.34. The van der Waals surface area contributed by atoms with Gasteiger partial charge in [0.1, 0.15) is 35.8 Å². The number of para-hydroxylation sites is 2. The lowest BCUT2D eigenvalue weighted by Gasteiger charge is -2.11. The van der Waals surface area contributed by atoms with E-state index >= 15 is 0 Å². The Bertz CT molecular complexity index is 1350. The third kappa shape index (κ3) is 3.95. The van der Waals surface area contributed by atoms with Crippen LogP contribution in [0.1, 0.15) is 28.2 Å². The Balaban J connectivity index is 1.38. The number of nitrogens with one attached hydrogen (secondary N) is 1. The molecule has 160 valence electrons. The first-order chi connectivity index (χ1) is 15.6. The maximum absolute atomic E-state index is 13.0. The van der Waals surface area contributed by atoms with Gasteiger partial charge in [-0.15, -0.1) is 11.3 Å². The summed E-state index contributed by atoms with van der Waals surface area (Å²) >= 11 is 7.46. The molecule has 32 heavy (non-hydrogen) atoms. The Morgan fingerprint density at radius 1 is 1.22 bits per heavy atom. The molecule has 0 saturated carbocycles. The first-order valence-electron chi connectivity index (χ1n) is 10.3. The van der Waals surface area contributed by atoms with Crippen LogP contribution in [-0.4, -0.2) is 15.5 Å². The summed E-state index contributed by atoms with van der Waals surface area (Å²) in [6.07, 6.45) is 2.95. The average molecular weight is 463 g/mol. The van der Waals surface area contributed by atoms with Crippen molar-refractivity contribution < 1.29 is 9.53 Å². The third-order valence-corrected chi connectivity index (χ3v) is 6.96. The molecule has 0 spiro atoms. The number of aromatic nitrogens is 2. The number of hydrogen-bond acceptors (Lipinski definition) is 5. The number of rotatable bonds is 6. The van der Waals surface area contributed by atoms with Crippen molar-refractivity contribution in [3.8, 4) is 11.8 Å². The lowest BCUT2D eigenvalue weighted by molar-refractivity contribution is -0.116. The zero-order chi connectivity index (χ0) is 22.1. The van der Waals surface area contributed by atoms with E-state index in [9.17, 15) is 10.1 Å². The van der Waals surface area contributed by atoms with Gasteiger partial charge in [-0.1, -0.05) is 23.7 Å². The number of benzene rings is 2. The SMILES string of the molecule is N#Cc1c(NC(=O)Cn2c(COc3ccc(Cl)cc3)nc3ccccc32)sc2c1CCC2. The van der Waals surface area contributed by atoms with Crippen LogP contribution in [0.2, 0.25) is 5.02 Å². The van der Waals surface area contributed by atoms with E-state index in [1.807, 2.05) is 28.8 Å². The molecule has 0 aliphatic heterocycles. The van der Waals surface area contributed by atoms with Crippen molar-refractivity contribution in [2.24, 2.45) is 0 Å². The highest BCUT2D eigenvalue weighted by atomic mass is 35.5. The first kappa shape index (κ1) is 20.6. The molecule has 4 aromatic rings. The van der Waals surface area contributed by atoms with Gasteiger partial charge in [0, 0.05) is 9.90 Å². The second-order valence-electron chi connectivity index (χ2n) is 7.57. The molecule has 5 rings (SSSR count). The number of imidazole rings is 1. The Labute approximate surface area is 194 Å².